The predicted molar refractivity (Wildman–Crippen MR) is 73.5 cm³/mol. The highest BCUT2D eigenvalue weighted by molar-refractivity contribution is 6.31. The maximum Gasteiger partial charge on any atom is 0.0453 e. The summed E-state index contributed by atoms with van der Waals surface area (Å²) in [7, 11) is 2.05. The Morgan fingerprint density at radius 1 is 1.41 bits per heavy atom. The van der Waals surface area contributed by atoms with Gasteiger partial charge in [0, 0.05) is 23.7 Å². The molecule has 17 heavy (non-hydrogen) atoms. The standard InChI is InChI=1S/C14H21ClN2/c1-11(13-7-3-4-8-14(13)15)17-9-5-6-12(10-17)16-2/h3-4,7-8,11-12,16H,5-6,9-10H2,1-2H3. The molecule has 2 rings (SSSR count). The summed E-state index contributed by atoms with van der Waals surface area (Å²) in [5.41, 5.74) is 1.24. The zero-order valence-electron chi connectivity index (χ0n) is 10.6. The van der Waals surface area contributed by atoms with Crippen LogP contribution in [0.15, 0.2) is 24.3 Å². The molecule has 2 atom stereocenters. The summed E-state index contributed by atoms with van der Waals surface area (Å²) in [4.78, 5) is 2.52. The Kier molecular flexibility index (Phi) is 4.43. The topological polar surface area (TPSA) is 15.3 Å². The SMILES string of the molecule is CNC1CCCN(C(C)c2ccccc2Cl)C1. The highest BCUT2D eigenvalue weighted by Crippen LogP contribution is 2.29. The number of hydrogen-bond acceptors (Lipinski definition) is 2. The molecule has 94 valence electrons. The van der Waals surface area contributed by atoms with Gasteiger partial charge < -0.3 is 5.32 Å². The van der Waals surface area contributed by atoms with Crippen molar-refractivity contribution in [1.82, 2.24) is 10.2 Å². The van der Waals surface area contributed by atoms with Crippen LogP contribution in [-0.4, -0.2) is 31.1 Å². The molecule has 1 heterocycles. The molecule has 0 aliphatic carbocycles. The van der Waals surface area contributed by atoms with Crippen molar-refractivity contribution in [3.63, 3.8) is 0 Å². The number of hydrogen-bond donors (Lipinski definition) is 1. The van der Waals surface area contributed by atoms with Gasteiger partial charge in [0.25, 0.3) is 0 Å². The minimum absolute atomic E-state index is 0.403. The minimum atomic E-state index is 0.403. The van der Waals surface area contributed by atoms with Crippen LogP contribution in [0.2, 0.25) is 5.02 Å². The van der Waals surface area contributed by atoms with Gasteiger partial charge in [0.2, 0.25) is 0 Å². The van der Waals surface area contributed by atoms with Gasteiger partial charge in [-0.2, -0.15) is 0 Å². The summed E-state index contributed by atoms with van der Waals surface area (Å²) < 4.78 is 0. The Balaban J connectivity index is 2.09. The summed E-state index contributed by atoms with van der Waals surface area (Å²) in [6, 6.07) is 9.19. The number of nitrogens with zero attached hydrogens (tertiary/aromatic N) is 1. The van der Waals surface area contributed by atoms with Gasteiger partial charge >= 0.3 is 0 Å². The fraction of sp³-hybridized carbons (Fsp3) is 0.571. The van der Waals surface area contributed by atoms with Crippen molar-refractivity contribution in [1.29, 1.82) is 0 Å². The molecule has 1 saturated heterocycles. The van der Waals surface area contributed by atoms with E-state index in [2.05, 4.69) is 29.3 Å². The van der Waals surface area contributed by atoms with E-state index in [0.717, 1.165) is 11.6 Å². The molecule has 0 aromatic heterocycles. The molecule has 1 N–H and O–H groups in total. The summed E-state index contributed by atoms with van der Waals surface area (Å²) in [6.07, 6.45) is 2.54. The van der Waals surface area contributed by atoms with Crippen LogP contribution in [0.5, 0.6) is 0 Å². The molecule has 1 aliphatic heterocycles. The van der Waals surface area contributed by atoms with Crippen LogP contribution in [0.3, 0.4) is 0 Å². The summed E-state index contributed by atoms with van der Waals surface area (Å²) in [5.74, 6) is 0. The third-order valence-electron chi connectivity index (χ3n) is 3.76. The second kappa shape index (κ2) is 5.85. The minimum Gasteiger partial charge on any atom is -0.316 e. The fourth-order valence-corrected chi connectivity index (χ4v) is 2.90. The van der Waals surface area contributed by atoms with E-state index in [9.17, 15) is 0 Å². The zero-order valence-corrected chi connectivity index (χ0v) is 11.4. The Morgan fingerprint density at radius 3 is 2.88 bits per heavy atom. The first-order chi connectivity index (χ1) is 8.22. The van der Waals surface area contributed by atoms with Crippen LogP contribution in [0.25, 0.3) is 0 Å². The number of likely N-dealkylation sites (N-methyl/N-ethyl adjacent to an activating group) is 1. The molecular formula is C14H21ClN2. The highest BCUT2D eigenvalue weighted by Gasteiger charge is 2.24. The van der Waals surface area contributed by atoms with Crippen molar-refractivity contribution in [2.24, 2.45) is 0 Å². The van der Waals surface area contributed by atoms with Crippen molar-refractivity contribution >= 4 is 11.6 Å². The van der Waals surface area contributed by atoms with E-state index in [1.54, 1.807) is 0 Å². The van der Waals surface area contributed by atoms with Gasteiger partial charge in [-0.3, -0.25) is 4.90 Å². The molecule has 2 unspecified atom stereocenters. The molecule has 3 heteroatoms. The van der Waals surface area contributed by atoms with E-state index in [1.807, 2.05) is 19.2 Å². The molecule has 1 aromatic carbocycles. The van der Waals surface area contributed by atoms with Crippen LogP contribution in [-0.2, 0) is 0 Å². The zero-order chi connectivity index (χ0) is 12.3. The van der Waals surface area contributed by atoms with Gasteiger partial charge in [-0.15, -0.1) is 0 Å². The van der Waals surface area contributed by atoms with Crippen molar-refractivity contribution in [3.05, 3.63) is 34.9 Å². The third kappa shape index (κ3) is 3.01. The van der Waals surface area contributed by atoms with E-state index in [0.29, 0.717) is 12.1 Å². The summed E-state index contributed by atoms with van der Waals surface area (Å²) in [6.45, 7) is 4.53. The molecule has 0 bridgehead atoms. The third-order valence-corrected chi connectivity index (χ3v) is 4.11. The summed E-state index contributed by atoms with van der Waals surface area (Å²) >= 11 is 6.27. The van der Waals surface area contributed by atoms with E-state index < -0.39 is 0 Å². The number of rotatable bonds is 3. The largest absolute Gasteiger partial charge is 0.316 e. The molecule has 0 spiro atoms. The molecule has 2 nitrogen and oxygen atoms in total. The van der Waals surface area contributed by atoms with E-state index in [4.69, 9.17) is 11.6 Å². The van der Waals surface area contributed by atoms with Crippen LogP contribution in [0, 0.1) is 0 Å². The Labute approximate surface area is 109 Å². The normalized spacial score (nSPS) is 23.6. The number of nitrogens with one attached hydrogen (secondary N) is 1. The van der Waals surface area contributed by atoms with E-state index in [-0.39, 0.29) is 0 Å². The van der Waals surface area contributed by atoms with Crippen LogP contribution >= 0.6 is 11.6 Å². The van der Waals surface area contributed by atoms with Crippen molar-refractivity contribution in [2.45, 2.75) is 31.8 Å². The lowest BCUT2D eigenvalue weighted by Gasteiger charge is -2.37. The van der Waals surface area contributed by atoms with E-state index >= 15 is 0 Å². The number of halogens is 1. The average Bonchev–Trinajstić information content (AvgIpc) is 2.38. The molecule has 0 radical (unpaired) electrons. The first-order valence-electron chi connectivity index (χ1n) is 6.38. The number of benzene rings is 1. The van der Waals surface area contributed by atoms with Gasteiger partial charge in [-0.05, 0) is 45.0 Å². The van der Waals surface area contributed by atoms with Gasteiger partial charge in [0.15, 0.2) is 0 Å². The Morgan fingerprint density at radius 2 is 2.18 bits per heavy atom. The van der Waals surface area contributed by atoms with Gasteiger partial charge in [0.1, 0.15) is 0 Å². The average molecular weight is 253 g/mol. The van der Waals surface area contributed by atoms with Gasteiger partial charge in [0.05, 0.1) is 0 Å². The van der Waals surface area contributed by atoms with Crippen LogP contribution in [0.1, 0.15) is 31.4 Å². The quantitative estimate of drug-likeness (QED) is 0.890. The monoisotopic (exact) mass is 252 g/mol. The maximum atomic E-state index is 6.27. The highest BCUT2D eigenvalue weighted by atomic mass is 35.5. The lowest BCUT2D eigenvalue weighted by Crippen LogP contribution is -2.45. The smallest absolute Gasteiger partial charge is 0.0453 e. The molecule has 1 aliphatic rings. The first kappa shape index (κ1) is 12.9. The second-order valence-electron chi connectivity index (χ2n) is 4.82. The van der Waals surface area contributed by atoms with Crippen LogP contribution in [0.4, 0.5) is 0 Å². The maximum absolute atomic E-state index is 6.27. The van der Waals surface area contributed by atoms with Crippen molar-refractivity contribution < 1.29 is 0 Å². The molecule has 0 amide bonds. The van der Waals surface area contributed by atoms with Gasteiger partial charge in [-0.25, -0.2) is 0 Å². The number of likely N-dealkylation sites (tertiary alicyclic amines) is 1. The molecule has 0 saturated carbocycles. The Hall–Kier alpha value is -0.570. The van der Waals surface area contributed by atoms with Crippen molar-refractivity contribution in [3.8, 4) is 0 Å². The molecule has 1 aromatic rings. The number of piperidine rings is 1. The fourth-order valence-electron chi connectivity index (χ4n) is 2.60. The Bertz CT molecular complexity index is 367. The van der Waals surface area contributed by atoms with Crippen LogP contribution < -0.4 is 5.32 Å². The van der Waals surface area contributed by atoms with E-state index in [1.165, 1.54) is 24.9 Å². The summed E-state index contributed by atoms with van der Waals surface area (Å²) in [5, 5.41) is 4.26. The molecular weight excluding hydrogens is 232 g/mol. The lowest BCUT2D eigenvalue weighted by atomic mass is 10.0. The molecule has 1 fully saturated rings. The van der Waals surface area contributed by atoms with Crippen molar-refractivity contribution in [2.75, 3.05) is 20.1 Å². The first-order valence-corrected chi connectivity index (χ1v) is 6.76. The predicted octanol–water partition coefficient (Wildman–Crippen LogP) is 3.08. The lowest BCUT2D eigenvalue weighted by molar-refractivity contribution is 0.149. The second-order valence-corrected chi connectivity index (χ2v) is 5.23. The van der Waals surface area contributed by atoms with Gasteiger partial charge in [-0.1, -0.05) is 29.8 Å².